The number of benzene rings is 2. The maximum absolute atomic E-state index is 12.7. The molecule has 2 aromatic carbocycles. The number of morpholine rings is 1. The van der Waals surface area contributed by atoms with E-state index in [1.54, 1.807) is 48.5 Å². The summed E-state index contributed by atoms with van der Waals surface area (Å²) in [5, 5.41) is 5.72. The number of rotatable bonds is 7. The van der Waals surface area contributed by atoms with Crippen molar-refractivity contribution in [1.29, 1.82) is 0 Å². The van der Waals surface area contributed by atoms with Crippen molar-refractivity contribution in [2.75, 3.05) is 43.5 Å². The van der Waals surface area contributed by atoms with Crippen LogP contribution in [-0.2, 0) is 9.53 Å². The lowest BCUT2D eigenvalue weighted by Crippen LogP contribution is -2.44. The van der Waals surface area contributed by atoms with Crippen LogP contribution in [-0.4, -0.2) is 55.7 Å². The van der Waals surface area contributed by atoms with Crippen molar-refractivity contribution in [3.63, 3.8) is 0 Å². The molecule has 0 spiro atoms. The number of ether oxygens (including phenoxy) is 2. The highest BCUT2D eigenvalue weighted by Crippen LogP contribution is 2.20. The Hall–Kier alpha value is -2.90. The van der Waals surface area contributed by atoms with Crippen LogP contribution in [0.3, 0.4) is 0 Å². The van der Waals surface area contributed by atoms with Crippen molar-refractivity contribution in [3.8, 4) is 5.75 Å². The van der Waals surface area contributed by atoms with Crippen LogP contribution >= 0.6 is 0 Å². The number of anilines is 2. The second-order valence-corrected chi connectivity index (χ2v) is 6.92. The molecule has 2 amide bonds. The molecule has 1 saturated heterocycles. The van der Waals surface area contributed by atoms with E-state index in [2.05, 4.69) is 10.6 Å². The number of carbonyl (C=O) groups is 2. The molecule has 0 bridgehead atoms. The zero-order valence-corrected chi connectivity index (χ0v) is 16.8. The van der Waals surface area contributed by atoms with Crippen molar-refractivity contribution < 1.29 is 19.1 Å². The SMILES string of the molecule is CCOc1ccc(NC(=O)c2ccccc2NC(=O)CN2CCOC(C)C2)cc1. The molecule has 1 aliphatic heterocycles. The summed E-state index contributed by atoms with van der Waals surface area (Å²) in [5.74, 6) is 0.307. The summed E-state index contributed by atoms with van der Waals surface area (Å²) in [7, 11) is 0. The van der Waals surface area contributed by atoms with Crippen molar-refractivity contribution in [2.24, 2.45) is 0 Å². The van der Waals surface area contributed by atoms with Gasteiger partial charge < -0.3 is 20.1 Å². The number of nitrogens with zero attached hydrogens (tertiary/aromatic N) is 1. The van der Waals surface area contributed by atoms with Gasteiger partial charge >= 0.3 is 0 Å². The molecule has 1 unspecified atom stereocenters. The Labute approximate surface area is 171 Å². The summed E-state index contributed by atoms with van der Waals surface area (Å²) in [4.78, 5) is 27.3. The fourth-order valence-electron chi connectivity index (χ4n) is 3.22. The predicted octanol–water partition coefficient (Wildman–Crippen LogP) is 3.00. The fourth-order valence-corrected chi connectivity index (χ4v) is 3.22. The first-order chi connectivity index (χ1) is 14.0. The summed E-state index contributed by atoms with van der Waals surface area (Å²) >= 11 is 0. The number of para-hydroxylation sites is 1. The Balaban J connectivity index is 1.63. The molecule has 0 aliphatic carbocycles. The van der Waals surface area contributed by atoms with E-state index in [-0.39, 0.29) is 24.5 Å². The average Bonchev–Trinajstić information content (AvgIpc) is 2.70. The fraction of sp³-hybridized carbons (Fsp3) is 0.364. The minimum Gasteiger partial charge on any atom is -0.494 e. The number of nitrogens with one attached hydrogen (secondary N) is 2. The lowest BCUT2D eigenvalue weighted by Gasteiger charge is -2.30. The molecule has 1 atom stereocenters. The van der Waals surface area contributed by atoms with Gasteiger partial charge in [0.2, 0.25) is 5.91 Å². The van der Waals surface area contributed by atoms with E-state index >= 15 is 0 Å². The van der Waals surface area contributed by atoms with Crippen LogP contribution in [0.4, 0.5) is 11.4 Å². The van der Waals surface area contributed by atoms with Crippen LogP contribution in [0, 0.1) is 0 Å². The van der Waals surface area contributed by atoms with Crippen molar-refractivity contribution in [1.82, 2.24) is 4.90 Å². The molecular formula is C22H27N3O4. The third-order valence-electron chi connectivity index (χ3n) is 4.56. The molecule has 7 heteroatoms. The summed E-state index contributed by atoms with van der Waals surface area (Å²) in [6.07, 6.45) is 0.115. The number of hydrogen-bond donors (Lipinski definition) is 2. The maximum Gasteiger partial charge on any atom is 0.257 e. The van der Waals surface area contributed by atoms with E-state index in [0.29, 0.717) is 36.7 Å². The number of carbonyl (C=O) groups excluding carboxylic acids is 2. The van der Waals surface area contributed by atoms with Gasteiger partial charge in [0.25, 0.3) is 5.91 Å². The molecule has 154 valence electrons. The Morgan fingerprint density at radius 3 is 2.62 bits per heavy atom. The van der Waals surface area contributed by atoms with Crippen LogP contribution in [0.2, 0.25) is 0 Å². The van der Waals surface area contributed by atoms with Gasteiger partial charge in [-0.1, -0.05) is 12.1 Å². The van der Waals surface area contributed by atoms with Gasteiger partial charge in [0, 0.05) is 18.8 Å². The Morgan fingerprint density at radius 2 is 1.90 bits per heavy atom. The first-order valence-corrected chi connectivity index (χ1v) is 9.82. The quantitative estimate of drug-likeness (QED) is 0.751. The van der Waals surface area contributed by atoms with Gasteiger partial charge in [-0.15, -0.1) is 0 Å². The molecule has 1 fully saturated rings. The average molecular weight is 397 g/mol. The van der Waals surface area contributed by atoms with E-state index in [1.807, 2.05) is 18.7 Å². The number of hydrogen-bond acceptors (Lipinski definition) is 5. The maximum atomic E-state index is 12.7. The standard InChI is InChI=1S/C22H27N3O4/c1-3-28-18-10-8-17(9-11-18)23-22(27)19-6-4-5-7-20(19)24-21(26)15-25-12-13-29-16(2)14-25/h4-11,16H,3,12-15H2,1-2H3,(H,23,27)(H,24,26). The molecule has 1 aliphatic rings. The smallest absolute Gasteiger partial charge is 0.257 e. The van der Waals surface area contributed by atoms with Gasteiger partial charge in [0.1, 0.15) is 5.75 Å². The van der Waals surface area contributed by atoms with Crippen LogP contribution in [0.5, 0.6) is 5.75 Å². The molecule has 2 aromatic rings. The monoisotopic (exact) mass is 397 g/mol. The summed E-state index contributed by atoms with van der Waals surface area (Å²) in [6.45, 7) is 6.82. The van der Waals surface area contributed by atoms with Crippen molar-refractivity contribution in [2.45, 2.75) is 20.0 Å². The van der Waals surface area contributed by atoms with Gasteiger partial charge in [0.15, 0.2) is 0 Å². The minimum absolute atomic E-state index is 0.115. The molecule has 29 heavy (non-hydrogen) atoms. The molecule has 2 N–H and O–H groups in total. The summed E-state index contributed by atoms with van der Waals surface area (Å²) in [5.41, 5.74) is 1.55. The van der Waals surface area contributed by atoms with Crippen LogP contribution in [0.15, 0.2) is 48.5 Å². The van der Waals surface area contributed by atoms with Gasteiger partial charge in [-0.05, 0) is 50.2 Å². The Kier molecular flexibility index (Phi) is 7.21. The molecular weight excluding hydrogens is 370 g/mol. The van der Waals surface area contributed by atoms with E-state index in [4.69, 9.17) is 9.47 Å². The predicted molar refractivity (Wildman–Crippen MR) is 112 cm³/mol. The lowest BCUT2D eigenvalue weighted by molar-refractivity contribution is -0.119. The molecule has 3 rings (SSSR count). The van der Waals surface area contributed by atoms with Gasteiger partial charge in [-0.2, -0.15) is 0 Å². The highest BCUT2D eigenvalue weighted by Gasteiger charge is 2.20. The molecule has 0 aromatic heterocycles. The van der Waals surface area contributed by atoms with E-state index in [1.165, 1.54) is 0 Å². The third-order valence-corrected chi connectivity index (χ3v) is 4.56. The summed E-state index contributed by atoms with van der Waals surface area (Å²) < 4.78 is 10.9. The minimum atomic E-state index is -0.287. The third kappa shape index (κ3) is 6.04. The van der Waals surface area contributed by atoms with Gasteiger partial charge in [-0.3, -0.25) is 14.5 Å². The van der Waals surface area contributed by atoms with Crippen LogP contribution < -0.4 is 15.4 Å². The number of amides is 2. The van der Waals surface area contributed by atoms with E-state index in [0.717, 1.165) is 12.3 Å². The Bertz CT molecular complexity index is 838. The summed E-state index contributed by atoms with van der Waals surface area (Å²) in [6, 6.07) is 14.1. The first kappa shape index (κ1) is 20.8. The second-order valence-electron chi connectivity index (χ2n) is 6.92. The van der Waals surface area contributed by atoms with Crippen LogP contribution in [0.25, 0.3) is 0 Å². The molecule has 7 nitrogen and oxygen atoms in total. The van der Waals surface area contributed by atoms with Crippen molar-refractivity contribution in [3.05, 3.63) is 54.1 Å². The topological polar surface area (TPSA) is 79.9 Å². The van der Waals surface area contributed by atoms with E-state index < -0.39 is 0 Å². The second kappa shape index (κ2) is 10.0. The molecule has 0 radical (unpaired) electrons. The van der Waals surface area contributed by atoms with E-state index in [9.17, 15) is 9.59 Å². The zero-order valence-electron chi connectivity index (χ0n) is 16.8. The van der Waals surface area contributed by atoms with Gasteiger partial charge in [0.05, 0.1) is 37.1 Å². The van der Waals surface area contributed by atoms with Crippen molar-refractivity contribution >= 4 is 23.2 Å². The largest absolute Gasteiger partial charge is 0.494 e. The highest BCUT2D eigenvalue weighted by molar-refractivity contribution is 6.10. The Morgan fingerprint density at radius 1 is 1.14 bits per heavy atom. The van der Waals surface area contributed by atoms with Gasteiger partial charge in [-0.25, -0.2) is 0 Å². The highest BCUT2D eigenvalue weighted by atomic mass is 16.5. The lowest BCUT2D eigenvalue weighted by atomic mass is 10.1. The first-order valence-electron chi connectivity index (χ1n) is 9.82. The normalized spacial score (nSPS) is 16.8. The zero-order chi connectivity index (χ0) is 20.6. The molecule has 1 heterocycles. The van der Waals surface area contributed by atoms with Crippen LogP contribution in [0.1, 0.15) is 24.2 Å². The molecule has 0 saturated carbocycles.